The van der Waals surface area contributed by atoms with Gasteiger partial charge in [0.25, 0.3) is 5.91 Å². The van der Waals surface area contributed by atoms with Gasteiger partial charge in [-0.2, -0.15) is 5.10 Å². The molecule has 0 N–H and O–H groups in total. The van der Waals surface area contributed by atoms with Gasteiger partial charge in [-0.05, 0) is 54.9 Å². The average molecular weight is 455 g/mol. The molecule has 0 saturated heterocycles. The maximum absolute atomic E-state index is 13.8. The number of likely N-dealkylation sites (N-methyl/N-ethyl adjacent to an activating group) is 1. The van der Waals surface area contributed by atoms with Crippen molar-refractivity contribution in [3.05, 3.63) is 76.2 Å². The molecule has 1 amide bonds. The largest absolute Gasteiger partial charge is 0.330 e. The zero-order valence-electron chi connectivity index (χ0n) is 18.7. The Bertz CT molecular complexity index is 1110. The number of benzene rings is 2. The first-order valence-corrected chi connectivity index (χ1v) is 11.4. The first-order valence-electron chi connectivity index (χ1n) is 11.0. The van der Waals surface area contributed by atoms with E-state index in [1.165, 1.54) is 6.07 Å². The number of fused-ring (bicyclic) bond motifs is 1. The highest BCUT2D eigenvalue weighted by Gasteiger charge is 2.34. The van der Waals surface area contributed by atoms with E-state index < -0.39 is 0 Å². The van der Waals surface area contributed by atoms with Crippen LogP contribution in [0, 0.1) is 5.82 Å². The number of carbonyl (C=O) groups excluding carboxylic acids is 1. The van der Waals surface area contributed by atoms with E-state index >= 15 is 0 Å². The Hall–Kier alpha value is -2.70. The van der Waals surface area contributed by atoms with Gasteiger partial charge in [0.15, 0.2) is 0 Å². The average Bonchev–Trinajstić information content (AvgIpc) is 3.29. The molecule has 0 aliphatic carbocycles. The number of carbonyl (C=O) groups is 1. The second kappa shape index (κ2) is 9.43. The topological polar surface area (TPSA) is 41.4 Å². The molecule has 2 heterocycles. The van der Waals surface area contributed by atoms with E-state index in [4.69, 9.17) is 11.6 Å². The molecule has 5 nitrogen and oxygen atoms in total. The molecule has 0 spiro atoms. The van der Waals surface area contributed by atoms with Gasteiger partial charge in [-0.3, -0.25) is 9.48 Å². The fourth-order valence-corrected chi connectivity index (χ4v) is 4.79. The SMILES string of the molecule is CCN(CC)C[C@H](Cc1cccc(F)c1)N1Cc2cc(-c3c(Cl)cnn3C)ccc2C1=O. The van der Waals surface area contributed by atoms with Crippen LogP contribution in [0.1, 0.15) is 35.3 Å². The Morgan fingerprint density at radius 2 is 1.97 bits per heavy atom. The molecule has 1 aliphatic rings. The van der Waals surface area contributed by atoms with Gasteiger partial charge in [0.1, 0.15) is 5.82 Å². The molecule has 0 radical (unpaired) electrons. The second-order valence-corrected chi connectivity index (χ2v) is 8.65. The molecule has 168 valence electrons. The molecule has 0 unspecified atom stereocenters. The Kier molecular flexibility index (Phi) is 6.63. The molecule has 32 heavy (non-hydrogen) atoms. The van der Waals surface area contributed by atoms with Crippen LogP contribution in [-0.4, -0.2) is 51.2 Å². The summed E-state index contributed by atoms with van der Waals surface area (Å²) in [4.78, 5) is 17.6. The molecule has 1 aromatic heterocycles. The zero-order valence-corrected chi connectivity index (χ0v) is 19.4. The molecular weight excluding hydrogens is 427 g/mol. The quantitative estimate of drug-likeness (QED) is 0.491. The molecule has 2 aromatic carbocycles. The summed E-state index contributed by atoms with van der Waals surface area (Å²) in [5, 5.41) is 4.80. The molecule has 1 atom stereocenters. The summed E-state index contributed by atoms with van der Waals surface area (Å²) in [7, 11) is 1.85. The van der Waals surface area contributed by atoms with Crippen LogP contribution in [0.3, 0.4) is 0 Å². The Morgan fingerprint density at radius 3 is 2.62 bits per heavy atom. The van der Waals surface area contributed by atoms with Crippen LogP contribution in [0.4, 0.5) is 4.39 Å². The first-order chi connectivity index (χ1) is 15.4. The van der Waals surface area contributed by atoms with Crippen LogP contribution < -0.4 is 0 Å². The standard InChI is InChI=1S/C25H28ClFN4O/c1-4-30(5-2)16-21(12-17-7-6-8-20(27)11-17)31-15-19-13-18(9-10-22(19)25(31)32)24-23(26)14-28-29(24)3/h6-11,13-14,21H,4-5,12,15-16H2,1-3H3/t21-/m0/s1. The number of halogens is 2. The predicted molar refractivity (Wildman–Crippen MR) is 125 cm³/mol. The van der Waals surface area contributed by atoms with Gasteiger partial charge in [0.2, 0.25) is 0 Å². The third-order valence-corrected chi connectivity index (χ3v) is 6.55. The van der Waals surface area contributed by atoms with Crippen LogP contribution in [-0.2, 0) is 20.0 Å². The van der Waals surface area contributed by atoms with Crippen molar-refractivity contribution < 1.29 is 9.18 Å². The zero-order chi connectivity index (χ0) is 22.8. The normalized spacial score (nSPS) is 14.3. The minimum atomic E-state index is -0.252. The molecule has 0 saturated carbocycles. The summed E-state index contributed by atoms with van der Waals surface area (Å²) in [5.41, 5.74) is 4.37. The van der Waals surface area contributed by atoms with Gasteiger partial charge in [-0.15, -0.1) is 0 Å². The Labute approximate surface area is 193 Å². The highest BCUT2D eigenvalue weighted by Crippen LogP contribution is 2.33. The molecule has 1 aliphatic heterocycles. The fraction of sp³-hybridized carbons (Fsp3) is 0.360. The highest BCUT2D eigenvalue weighted by molar-refractivity contribution is 6.33. The summed E-state index contributed by atoms with van der Waals surface area (Å²) in [5.74, 6) is -0.228. The van der Waals surface area contributed by atoms with Gasteiger partial charge in [0, 0.05) is 37.3 Å². The van der Waals surface area contributed by atoms with Crippen molar-refractivity contribution in [1.82, 2.24) is 19.6 Å². The van der Waals surface area contributed by atoms with E-state index in [0.717, 1.165) is 47.6 Å². The predicted octanol–water partition coefficient (Wildman–Crippen LogP) is 4.79. The van der Waals surface area contributed by atoms with E-state index in [0.29, 0.717) is 18.0 Å². The number of aryl methyl sites for hydroxylation is 1. The van der Waals surface area contributed by atoms with Gasteiger partial charge in [-0.25, -0.2) is 4.39 Å². The third kappa shape index (κ3) is 4.43. The van der Waals surface area contributed by atoms with Crippen LogP contribution in [0.5, 0.6) is 0 Å². The van der Waals surface area contributed by atoms with Crippen LogP contribution >= 0.6 is 11.6 Å². The first kappa shape index (κ1) is 22.5. The van der Waals surface area contributed by atoms with E-state index in [1.807, 2.05) is 36.2 Å². The van der Waals surface area contributed by atoms with Crippen molar-refractivity contribution in [3.63, 3.8) is 0 Å². The monoisotopic (exact) mass is 454 g/mol. The van der Waals surface area contributed by atoms with Crippen LogP contribution in [0.2, 0.25) is 5.02 Å². The summed E-state index contributed by atoms with van der Waals surface area (Å²) in [6.45, 7) is 7.30. The lowest BCUT2D eigenvalue weighted by atomic mass is 10.0. The molecule has 7 heteroatoms. The number of hydrogen-bond donors (Lipinski definition) is 0. The Morgan fingerprint density at radius 1 is 1.19 bits per heavy atom. The third-order valence-electron chi connectivity index (χ3n) is 6.27. The summed E-state index contributed by atoms with van der Waals surface area (Å²) >= 11 is 6.33. The number of aromatic nitrogens is 2. The van der Waals surface area contributed by atoms with Crippen molar-refractivity contribution in [3.8, 4) is 11.3 Å². The highest BCUT2D eigenvalue weighted by atomic mass is 35.5. The van der Waals surface area contributed by atoms with E-state index in [-0.39, 0.29) is 17.8 Å². The van der Waals surface area contributed by atoms with E-state index in [1.54, 1.807) is 23.0 Å². The van der Waals surface area contributed by atoms with Gasteiger partial charge >= 0.3 is 0 Å². The maximum atomic E-state index is 13.8. The number of nitrogens with zero attached hydrogens (tertiary/aromatic N) is 4. The molecule has 4 rings (SSSR count). The minimum Gasteiger partial charge on any atom is -0.330 e. The lowest BCUT2D eigenvalue weighted by molar-refractivity contribution is 0.0655. The second-order valence-electron chi connectivity index (χ2n) is 8.24. The number of hydrogen-bond acceptors (Lipinski definition) is 3. The maximum Gasteiger partial charge on any atom is 0.254 e. The molecule has 0 bridgehead atoms. The number of amides is 1. The lowest BCUT2D eigenvalue weighted by Gasteiger charge is -2.32. The van der Waals surface area contributed by atoms with Crippen molar-refractivity contribution in [2.75, 3.05) is 19.6 Å². The lowest BCUT2D eigenvalue weighted by Crippen LogP contribution is -2.45. The van der Waals surface area contributed by atoms with Crippen molar-refractivity contribution in [2.45, 2.75) is 32.9 Å². The van der Waals surface area contributed by atoms with Crippen LogP contribution in [0.15, 0.2) is 48.7 Å². The summed E-state index contributed by atoms with van der Waals surface area (Å²) in [6.07, 6.45) is 2.23. The van der Waals surface area contributed by atoms with Crippen LogP contribution in [0.25, 0.3) is 11.3 Å². The summed E-state index contributed by atoms with van der Waals surface area (Å²) < 4.78 is 15.6. The molecular formula is C25H28ClFN4O. The van der Waals surface area contributed by atoms with E-state index in [9.17, 15) is 9.18 Å². The minimum absolute atomic E-state index is 0.0243. The smallest absolute Gasteiger partial charge is 0.254 e. The fourth-order valence-electron chi connectivity index (χ4n) is 4.51. The van der Waals surface area contributed by atoms with Crippen molar-refractivity contribution >= 4 is 17.5 Å². The van der Waals surface area contributed by atoms with Gasteiger partial charge in [-0.1, -0.05) is 43.6 Å². The number of rotatable bonds is 8. The summed E-state index contributed by atoms with van der Waals surface area (Å²) in [6, 6.07) is 12.4. The molecule has 3 aromatic rings. The van der Waals surface area contributed by atoms with Gasteiger partial charge < -0.3 is 9.80 Å². The van der Waals surface area contributed by atoms with Crippen molar-refractivity contribution in [1.29, 1.82) is 0 Å². The van der Waals surface area contributed by atoms with Crippen molar-refractivity contribution in [2.24, 2.45) is 7.05 Å². The van der Waals surface area contributed by atoms with E-state index in [2.05, 4.69) is 23.8 Å². The molecule has 0 fully saturated rings. The Balaban J connectivity index is 1.64. The van der Waals surface area contributed by atoms with Gasteiger partial charge in [0.05, 0.1) is 16.9 Å².